The maximum absolute atomic E-state index is 5.37. The molecule has 10 aromatic rings. The van der Waals surface area contributed by atoms with Gasteiger partial charge < -0.3 is 0 Å². The Kier molecular flexibility index (Phi) is 4.63. The van der Waals surface area contributed by atoms with Gasteiger partial charge in [0.05, 0.1) is 22.2 Å². The van der Waals surface area contributed by atoms with E-state index in [-0.39, 0.29) is 0 Å². The van der Waals surface area contributed by atoms with E-state index in [0.717, 1.165) is 28.7 Å². The number of para-hydroxylation sites is 1. The third-order valence-electron chi connectivity index (χ3n) is 10.2. The molecule has 0 bridgehead atoms. The van der Waals surface area contributed by atoms with Gasteiger partial charge in [0.2, 0.25) is 5.95 Å². The maximum Gasteiger partial charge on any atom is 0.235 e. The predicted octanol–water partition coefficient (Wildman–Crippen LogP) is 10.9. The van der Waals surface area contributed by atoms with Gasteiger partial charge in [0.1, 0.15) is 0 Å². The van der Waals surface area contributed by atoms with Crippen LogP contribution in [0.1, 0.15) is 11.1 Å². The Hall–Kier alpha value is -6.06. The lowest BCUT2D eigenvalue weighted by atomic mass is 9.88. The first kappa shape index (κ1) is 24.3. The Labute approximate surface area is 264 Å². The van der Waals surface area contributed by atoms with Gasteiger partial charge >= 0.3 is 0 Å². The van der Waals surface area contributed by atoms with Crippen molar-refractivity contribution in [2.45, 2.75) is 6.42 Å². The number of hydrogen-bond acceptors (Lipinski definition) is 2. The van der Waals surface area contributed by atoms with Crippen LogP contribution in [0.3, 0.4) is 0 Å². The van der Waals surface area contributed by atoms with Crippen LogP contribution in [0.5, 0.6) is 0 Å². The highest BCUT2D eigenvalue weighted by Crippen LogP contribution is 2.44. The zero-order valence-corrected chi connectivity index (χ0v) is 24.8. The molecule has 2 heterocycles. The highest BCUT2D eigenvalue weighted by Gasteiger charge is 2.24. The lowest BCUT2D eigenvalue weighted by molar-refractivity contribution is 1.01. The number of aromatic nitrogens is 3. The third-order valence-corrected chi connectivity index (χ3v) is 10.2. The van der Waals surface area contributed by atoms with Crippen LogP contribution in [0, 0.1) is 0 Å². The zero-order chi connectivity index (χ0) is 29.9. The number of benzene rings is 8. The smallest absolute Gasteiger partial charge is 0.235 e. The minimum Gasteiger partial charge on any atom is -0.278 e. The number of rotatable bonds is 1. The lowest BCUT2D eigenvalue weighted by Gasteiger charge is -2.20. The van der Waals surface area contributed by atoms with E-state index >= 15 is 0 Å². The SMILES string of the molecule is c1ccc2c(c1)Cc1cccc3nc(-n4c5ccccc5c5c6ccc7c8ccccc8c8ccccc8c7c6ccc54)nc-2c13. The zero-order valence-electron chi connectivity index (χ0n) is 24.8. The van der Waals surface area contributed by atoms with Crippen LogP contribution in [0.4, 0.5) is 0 Å². The molecular formula is C43H25N3. The summed E-state index contributed by atoms with van der Waals surface area (Å²) in [7, 11) is 0. The summed E-state index contributed by atoms with van der Waals surface area (Å²) in [5, 5.41) is 13.9. The van der Waals surface area contributed by atoms with E-state index in [1.54, 1.807) is 0 Å². The Bertz CT molecular complexity index is 2910. The Balaban J connectivity index is 1.29. The van der Waals surface area contributed by atoms with E-state index in [4.69, 9.17) is 9.97 Å². The van der Waals surface area contributed by atoms with Gasteiger partial charge in [-0.1, -0.05) is 121 Å². The van der Waals surface area contributed by atoms with Crippen molar-refractivity contribution in [3.05, 3.63) is 151 Å². The molecule has 2 aromatic heterocycles. The molecule has 0 radical (unpaired) electrons. The van der Waals surface area contributed by atoms with E-state index in [0.29, 0.717) is 5.95 Å². The second-order valence-corrected chi connectivity index (χ2v) is 12.5. The third kappa shape index (κ3) is 3.07. The summed E-state index contributed by atoms with van der Waals surface area (Å²) >= 11 is 0. The molecule has 0 fully saturated rings. The quantitative estimate of drug-likeness (QED) is 0.180. The van der Waals surface area contributed by atoms with Crippen LogP contribution in [-0.2, 0) is 6.42 Å². The summed E-state index contributed by atoms with van der Waals surface area (Å²) in [4.78, 5) is 10.6. The fourth-order valence-electron chi connectivity index (χ4n) is 8.29. The van der Waals surface area contributed by atoms with Crippen LogP contribution in [0.25, 0.3) is 93.0 Å². The molecule has 0 spiro atoms. The first-order valence-electron chi connectivity index (χ1n) is 15.9. The van der Waals surface area contributed by atoms with Crippen molar-refractivity contribution in [3.8, 4) is 17.2 Å². The van der Waals surface area contributed by atoms with Crippen LogP contribution < -0.4 is 0 Å². The van der Waals surface area contributed by atoms with Crippen LogP contribution in [0.15, 0.2) is 140 Å². The number of fused-ring (bicyclic) bond motifs is 14. The van der Waals surface area contributed by atoms with Gasteiger partial charge in [-0.05, 0) is 78.8 Å². The minimum absolute atomic E-state index is 0.708. The topological polar surface area (TPSA) is 30.7 Å². The van der Waals surface area contributed by atoms with Gasteiger partial charge in [-0.15, -0.1) is 0 Å². The first-order chi connectivity index (χ1) is 22.8. The van der Waals surface area contributed by atoms with E-state index in [1.165, 1.54) is 75.9 Å². The highest BCUT2D eigenvalue weighted by atomic mass is 15.2. The molecule has 0 saturated heterocycles. The number of nitrogens with zero attached hydrogens (tertiary/aromatic N) is 3. The van der Waals surface area contributed by atoms with E-state index in [2.05, 4.69) is 144 Å². The van der Waals surface area contributed by atoms with Gasteiger partial charge in [-0.25, -0.2) is 9.97 Å². The normalized spacial score (nSPS) is 12.7. The van der Waals surface area contributed by atoms with E-state index < -0.39 is 0 Å². The summed E-state index contributed by atoms with van der Waals surface area (Å²) in [6.07, 6.45) is 0.905. The molecule has 0 unspecified atom stereocenters. The molecular weight excluding hydrogens is 558 g/mol. The second-order valence-electron chi connectivity index (χ2n) is 12.5. The summed E-state index contributed by atoms with van der Waals surface area (Å²) < 4.78 is 2.27. The van der Waals surface area contributed by atoms with Crippen molar-refractivity contribution in [3.63, 3.8) is 0 Å². The second kappa shape index (κ2) is 8.77. The summed E-state index contributed by atoms with van der Waals surface area (Å²) in [5.74, 6) is 0.708. The van der Waals surface area contributed by atoms with Crippen molar-refractivity contribution in [1.82, 2.24) is 14.5 Å². The molecule has 212 valence electrons. The molecule has 11 rings (SSSR count). The fourth-order valence-corrected chi connectivity index (χ4v) is 8.29. The minimum atomic E-state index is 0.708. The lowest BCUT2D eigenvalue weighted by Crippen LogP contribution is -2.08. The predicted molar refractivity (Wildman–Crippen MR) is 192 cm³/mol. The average molecular weight is 584 g/mol. The van der Waals surface area contributed by atoms with Crippen LogP contribution >= 0.6 is 0 Å². The standard InChI is InChI=1S/C43H25N3/c1-2-12-27-25(10-1)24-26-11-9-18-36-39(26)42(27)45-43(44-36)46-37-19-8-7-17-35(37)41-34-21-20-32-30-15-4-3-13-28(30)29-14-5-6-16-31(29)40(32)33(34)22-23-38(41)46/h1-23H,24H2. The molecule has 3 heteroatoms. The highest BCUT2D eigenvalue weighted by molar-refractivity contribution is 6.34. The molecule has 8 aromatic carbocycles. The summed E-state index contributed by atoms with van der Waals surface area (Å²) in [6, 6.07) is 50.7. The molecule has 0 N–H and O–H groups in total. The van der Waals surface area contributed by atoms with Gasteiger partial charge in [0, 0.05) is 21.7 Å². The van der Waals surface area contributed by atoms with E-state index in [9.17, 15) is 0 Å². The Morgan fingerprint density at radius 2 is 0.978 bits per heavy atom. The molecule has 3 nitrogen and oxygen atoms in total. The van der Waals surface area contributed by atoms with Crippen molar-refractivity contribution in [2.75, 3.05) is 0 Å². The molecule has 0 atom stereocenters. The van der Waals surface area contributed by atoms with Gasteiger partial charge in [-0.3, -0.25) is 4.57 Å². The van der Waals surface area contributed by atoms with Crippen molar-refractivity contribution < 1.29 is 0 Å². The largest absolute Gasteiger partial charge is 0.278 e. The molecule has 0 aliphatic heterocycles. The monoisotopic (exact) mass is 583 g/mol. The Morgan fingerprint density at radius 3 is 1.80 bits per heavy atom. The summed E-state index contributed by atoms with van der Waals surface area (Å²) in [5.41, 5.74) is 8.04. The van der Waals surface area contributed by atoms with E-state index in [1.807, 2.05) is 0 Å². The average Bonchev–Trinajstić information content (AvgIpc) is 3.46. The molecule has 0 saturated carbocycles. The molecule has 0 amide bonds. The van der Waals surface area contributed by atoms with Gasteiger partial charge in [0.15, 0.2) is 0 Å². The number of hydrogen-bond donors (Lipinski definition) is 0. The first-order valence-corrected chi connectivity index (χ1v) is 15.9. The fraction of sp³-hybridized carbons (Fsp3) is 0.0233. The van der Waals surface area contributed by atoms with Crippen LogP contribution in [0.2, 0.25) is 0 Å². The maximum atomic E-state index is 5.37. The molecule has 1 aliphatic carbocycles. The molecule has 46 heavy (non-hydrogen) atoms. The van der Waals surface area contributed by atoms with Gasteiger partial charge in [0.25, 0.3) is 0 Å². The van der Waals surface area contributed by atoms with Crippen molar-refractivity contribution in [1.29, 1.82) is 0 Å². The van der Waals surface area contributed by atoms with Crippen molar-refractivity contribution >= 4 is 75.8 Å². The molecule has 1 aliphatic rings. The van der Waals surface area contributed by atoms with Gasteiger partial charge in [-0.2, -0.15) is 0 Å². The summed E-state index contributed by atoms with van der Waals surface area (Å²) in [6.45, 7) is 0. The Morgan fingerprint density at radius 1 is 0.391 bits per heavy atom. The van der Waals surface area contributed by atoms with Crippen molar-refractivity contribution in [2.24, 2.45) is 0 Å². The van der Waals surface area contributed by atoms with Crippen LogP contribution in [-0.4, -0.2) is 14.5 Å².